The highest BCUT2D eigenvalue weighted by Gasteiger charge is 2.22. The van der Waals surface area contributed by atoms with Gasteiger partial charge in [0.25, 0.3) is 0 Å². The maximum absolute atomic E-state index is 12.7. The van der Waals surface area contributed by atoms with Crippen LogP contribution in [0.2, 0.25) is 0 Å². The fraction of sp³-hybridized carbons (Fsp3) is 0.278. The fourth-order valence-electron chi connectivity index (χ4n) is 2.83. The number of nitrogens with one attached hydrogen (secondary N) is 2. The Morgan fingerprint density at radius 1 is 1.10 bits per heavy atom. The molecule has 1 aromatic carbocycles. The van der Waals surface area contributed by atoms with Crippen LogP contribution in [0.1, 0.15) is 21.7 Å². The van der Waals surface area contributed by atoms with Crippen molar-refractivity contribution in [3.8, 4) is 10.6 Å². The molecule has 8 nitrogen and oxygen atoms in total. The second kappa shape index (κ2) is 8.00. The normalized spacial score (nSPS) is 12.4. The lowest BCUT2D eigenvalue weighted by molar-refractivity contribution is 0.581. The van der Waals surface area contributed by atoms with Crippen molar-refractivity contribution in [3.05, 3.63) is 52.0 Å². The first-order chi connectivity index (χ1) is 13.5. The van der Waals surface area contributed by atoms with Crippen molar-refractivity contribution in [1.29, 1.82) is 0 Å². The number of rotatable bonds is 7. The molecule has 0 aliphatic rings. The van der Waals surface area contributed by atoms with Crippen molar-refractivity contribution in [2.24, 2.45) is 5.14 Å². The second-order valence-corrected chi connectivity index (χ2v) is 11.2. The molecule has 2 heterocycles. The van der Waals surface area contributed by atoms with E-state index >= 15 is 0 Å². The highest BCUT2D eigenvalue weighted by molar-refractivity contribution is 7.89. The zero-order chi connectivity index (χ0) is 21.4. The number of aromatic amines is 1. The van der Waals surface area contributed by atoms with Gasteiger partial charge in [0.05, 0.1) is 14.7 Å². The van der Waals surface area contributed by atoms with Crippen LogP contribution >= 0.6 is 11.3 Å². The Hall–Kier alpha value is -2.05. The molecule has 0 spiro atoms. The molecule has 4 N–H and O–H groups in total. The van der Waals surface area contributed by atoms with Gasteiger partial charge in [0.1, 0.15) is 5.69 Å². The van der Waals surface area contributed by atoms with Crippen LogP contribution < -0.4 is 9.86 Å². The minimum absolute atomic E-state index is 0.0205. The fourth-order valence-corrected chi connectivity index (χ4v) is 6.01. The number of primary sulfonamides is 1. The highest BCUT2D eigenvalue weighted by atomic mass is 32.2. The molecule has 2 aromatic heterocycles. The lowest BCUT2D eigenvalue weighted by Crippen LogP contribution is -2.26. The van der Waals surface area contributed by atoms with Crippen LogP contribution in [0.25, 0.3) is 10.6 Å². The summed E-state index contributed by atoms with van der Waals surface area (Å²) in [6.45, 7) is 5.81. The number of hydrogen-bond acceptors (Lipinski definition) is 6. The predicted octanol–water partition coefficient (Wildman–Crippen LogP) is 2.23. The number of sulfonamides is 2. The molecule has 0 amide bonds. The molecule has 0 fully saturated rings. The molecule has 29 heavy (non-hydrogen) atoms. The Morgan fingerprint density at radius 2 is 1.76 bits per heavy atom. The van der Waals surface area contributed by atoms with Crippen molar-refractivity contribution in [1.82, 2.24) is 14.9 Å². The van der Waals surface area contributed by atoms with Crippen molar-refractivity contribution in [2.75, 3.05) is 6.54 Å². The number of aromatic nitrogens is 2. The average molecular weight is 455 g/mol. The van der Waals surface area contributed by atoms with E-state index in [-0.39, 0.29) is 16.3 Å². The van der Waals surface area contributed by atoms with Gasteiger partial charge in [0, 0.05) is 17.1 Å². The number of nitrogens with two attached hydrogens (primary N) is 1. The number of thiophene rings is 1. The molecule has 11 heteroatoms. The van der Waals surface area contributed by atoms with Crippen molar-refractivity contribution in [2.45, 2.75) is 37.0 Å². The zero-order valence-corrected chi connectivity index (χ0v) is 18.6. The van der Waals surface area contributed by atoms with Gasteiger partial charge < -0.3 is 0 Å². The van der Waals surface area contributed by atoms with Crippen LogP contribution in [-0.2, 0) is 26.5 Å². The van der Waals surface area contributed by atoms with E-state index in [1.807, 2.05) is 13.8 Å². The molecule has 0 bridgehead atoms. The van der Waals surface area contributed by atoms with E-state index in [2.05, 4.69) is 14.9 Å². The van der Waals surface area contributed by atoms with E-state index in [0.29, 0.717) is 11.3 Å². The van der Waals surface area contributed by atoms with Crippen LogP contribution in [0, 0.1) is 20.8 Å². The molecule has 0 aliphatic heterocycles. The predicted molar refractivity (Wildman–Crippen MR) is 113 cm³/mol. The molecule has 3 rings (SSSR count). The second-order valence-electron chi connectivity index (χ2n) is 6.69. The zero-order valence-electron chi connectivity index (χ0n) is 16.2. The maximum Gasteiger partial charge on any atom is 0.241 e. The first-order valence-electron chi connectivity index (χ1n) is 8.73. The van der Waals surface area contributed by atoms with Crippen LogP contribution in [0.5, 0.6) is 0 Å². The summed E-state index contributed by atoms with van der Waals surface area (Å²) in [5, 5.41) is 12.3. The molecule has 0 saturated heterocycles. The molecule has 3 aromatic rings. The minimum Gasteiger partial charge on any atom is -0.282 e. The van der Waals surface area contributed by atoms with Gasteiger partial charge in [-0.3, -0.25) is 5.10 Å². The van der Waals surface area contributed by atoms with Gasteiger partial charge in [-0.1, -0.05) is 12.1 Å². The third-order valence-corrected chi connectivity index (χ3v) is 8.31. The number of aryl methyl sites for hydroxylation is 2. The van der Waals surface area contributed by atoms with Gasteiger partial charge in [-0.05, 0) is 56.5 Å². The topological polar surface area (TPSA) is 135 Å². The van der Waals surface area contributed by atoms with E-state index in [1.165, 1.54) is 23.5 Å². The molecule has 0 aliphatic carbocycles. The molecule has 0 unspecified atom stereocenters. The number of benzene rings is 1. The van der Waals surface area contributed by atoms with Gasteiger partial charge in [-0.25, -0.2) is 26.7 Å². The summed E-state index contributed by atoms with van der Waals surface area (Å²) in [4.78, 5) is 1.74. The number of hydrogen-bond donors (Lipinski definition) is 3. The summed E-state index contributed by atoms with van der Waals surface area (Å²) in [5.74, 6) is 0. The van der Waals surface area contributed by atoms with Crippen LogP contribution in [0.4, 0.5) is 0 Å². The summed E-state index contributed by atoms with van der Waals surface area (Å²) in [7, 11) is -7.42. The van der Waals surface area contributed by atoms with E-state index in [9.17, 15) is 16.8 Å². The third kappa shape index (κ3) is 4.75. The summed E-state index contributed by atoms with van der Waals surface area (Å²) < 4.78 is 50.6. The molecular weight excluding hydrogens is 432 g/mol. The molecule has 0 radical (unpaired) electrons. The molecule has 156 valence electrons. The summed E-state index contributed by atoms with van der Waals surface area (Å²) >= 11 is 1.39. The molecular formula is C18H22N4O4S3. The van der Waals surface area contributed by atoms with Crippen molar-refractivity contribution >= 4 is 31.4 Å². The van der Waals surface area contributed by atoms with Crippen molar-refractivity contribution in [3.63, 3.8) is 0 Å². The average Bonchev–Trinajstić information content (AvgIpc) is 3.18. The van der Waals surface area contributed by atoms with Crippen LogP contribution in [0.15, 0.2) is 40.1 Å². The Balaban J connectivity index is 1.71. The number of nitrogens with zero attached hydrogens (tertiary/aromatic N) is 1. The lowest BCUT2D eigenvalue weighted by atomic mass is 10.2. The molecule has 0 atom stereocenters. The quantitative estimate of drug-likeness (QED) is 0.503. The largest absolute Gasteiger partial charge is 0.282 e. The Morgan fingerprint density at radius 3 is 2.31 bits per heavy atom. The Labute approximate surface area is 174 Å². The minimum atomic E-state index is -3.74. The third-order valence-electron chi connectivity index (χ3n) is 4.61. The smallest absolute Gasteiger partial charge is 0.241 e. The van der Waals surface area contributed by atoms with Crippen LogP contribution in [0.3, 0.4) is 0 Å². The Bertz CT molecular complexity index is 1240. The maximum atomic E-state index is 12.7. The first-order valence-corrected chi connectivity index (χ1v) is 12.6. The molecule has 0 saturated carbocycles. The van der Waals surface area contributed by atoms with E-state index in [1.54, 1.807) is 25.1 Å². The lowest BCUT2D eigenvalue weighted by Gasteiger charge is -2.07. The summed E-state index contributed by atoms with van der Waals surface area (Å²) in [5.41, 5.74) is 3.49. The van der Waals surface area contributed by atoms with Gasteiger partial charge in [-0.15, -0.1) is 11.3 Å². The van der Waals surface area contributed by atoms with E-state index in [4.69, 9.17) is 5.14 Å². The van der Waals surface area contributed by atoms with Gasteiger partial charge in [-0.2, -0.15) is 5.10 Å². The Kier molecular flexibility index (Phi) is 5.97. The monoisotopic (exact) mass is 454 g/mol. The van der Waals surface area contributed by atoms with Crippen molar-refractivity contribution < 1.29 is 16.8 Å². The van der Waals surface area contributed by atoms with Gasteiger partial charge >= 0.3 is 0 Å². The highest BCUT2D eigenvalue weighted by Crippen LogP contribution is 2.34. The van der Waals surface area contributed by atoms with Gasteiger partial charge in [0.15, 0.2) is 0 Å². The first kappa shape index (κ1) is 21.7. The SMILES string of the molecule is Cc1[nH]nc(-c2cc(S(=O)(=O)NCCc3ccc(S(N)(=O)=O)cc3)c(C)s2)c1C. The standard InChI is InChI=1S/C18H22N4O4S3/c1-11-12(2)21-22-18(11)16-10-17(13(3)27-16)29(25,26)20-9-8-14-4-6-15(7-5-14)28(19,23)24/h4-7,10,20H,8-9H2,1-3H3,(H,21,22)(H2,19,23,24). The van der Waals surface area contributed by atoms with Gasteiger partial charge in [0.2, 0.25) is 20.0 Å². The van der Waals surface area contributed by atoms with E-state index in [0.717, 1.165) is 27.4 Å². The summed E-state index contributed by atoms with van der Waals surface area (Å²) in [6, 6.07) is 7.69. The van der Waals surface area contributed by atoms with Crippen LogP contribution in [-0.4, -0.2) is 33.6 Å². The number of H-pyrrole nitrogens is 1. The summed E-state index contributed by atoms with van der Waals surface area (Å²) in [6.07, 6.45) is 0.415. The van der Waals surface area contributed by atoms with E-state index < -0.39 is 20.0 Å².